The Balaban J connectivity index is 2.30. The molecule has 0 saturated carbocycles. The van der Waals surface area contributed by atoms with Crippen molar-refractivity contribution in [3.8, 4) is 0 Å². The number of sulfonamides is 1. The van der Waals surface area contributed by atoms with Gasteiger partial charge in [-0.05, 0) is 5.92 Å². The second-order valence-corrected chi connectivity index (χ2v) is 5.70. The first-order valence-corrected chi connectivity index (χ1v) is 6.30. The van der Waals surface area contributed by atoms with Gasteiger partial charge in [-0.3, -0.25) is 0 Å². The van der Waals surface area contributed by atoms with Crippen LogP contribution in [0.3, 0.4) is 0 Å². The van der Waals surface area contributed by atoms with Crippen molar-refractivity contribution < 1.29 is 23.1 Å². The van der Waals surface area contributed by atoms with Crippen molar-refractivity contribution in [3.63, 3.8) is 0 Å². The molecule has 0 aromatic heterocycles. The summed E-state index contributed by atoms with van der Waals surface area (Å²) >= 11 is 0. The summed E-state index contributed by atoms with van der Waals surface area (Å²) in [5, 5.41) is 8.29. The Morgan fingerprint density at radius 3 is 2.73 bits per heavy atom. The minimum Gasteiger partial charge on any atom is -0.480 e. The van der Waals surface area contributed by atoms with Crippen LogP contribution in [0, 0.1) is 5.92 Å². The van der Waals surface area contributed by atoms with Crippen molar-refractivity contribution in [2.24, 2.45) is 5.92 Å². The van der Waals surface area contributed by atoms with E-state index in [1.807, 2.05) is 6.92 Å². The third-order valence-electron chi connectivity index (χ3n) is 2.11. The molecule has 0 spiro atoms. The highest BCUT2D eigenvalue weighted by Gasteiger charge is 2.32. The van der Waals surface area contributed by atoms with Gasteiger partial charge in [0.25, 0.3) is 0 Å². The number of ether oxygens (including phenoxy) is 1. The quantitative estimate of drug-likeness (QED) is 0.643. The van der Waals surface area contributed by atoms with Crippen molar-refractivity contribution in [1.29, 1.82) is 0 Å². The molecule has 1 unspecified atom stereocenters. The van der Waals surface area contributed by atoms with Crippen LogP contribution < -0.4 is 0 Å². The Hall–Kier alpha value is -0.660. The molecule has 1 N–H and O–H groups in total. The normalized spacial score (nSPS) is 25.5. The molecule has 1 atom stereocenters. The van der Waals surface area contributed by atoms with Crippen molar-refractivity contribution >= 4 is 16.0 Å². The lowest BCUT2D eigenvalue weighted by molar-refractivity contribution is -0.142. The summed E-state index contributed by atoms with van der Waals surface area (Å²) < 4.78 is 29.0. The van der Waals surface area contributed by atoms with E-state index in [-0.39, 0.29) is 31.4 Å². The molecular weight excluding hydrogens is 222 g/mol. The molecule has 1 heterocycles. The molecule has 1 rings (SSSR count). The number of carbonyl (C=O) groups is 1. The molecule has 1 aliphatic rings. The smallest absolute Gasteiger partial charge is 0.329 e. The number of hydrogen-bond acceptors (Lipinski definition) is 4. The van der Waals surface area contributed by atoms with Crippen molar-refractivity contribution in [2.45, 2.75) is 6.92 Å². The predicted molar refractivity (Wildman–Crippen MR) is 53.0 cm³/mol. The standard InChI is InChI=1S/C8H15NO5S/c1-7-4-9(15(12,13)6-7)2-3-14-5-8(10)11/h7H,2-6H2,1H3,(H,10,11). The van der Waals surface area contributed by atoms with Crippen LogP contribution in [0.25, 0.3) is 0 Å². The van der Waals surface area contributed by atoms with Crippen LogP contribution >= 0.6 is 0 Å². The lowest BCUT2D eigenvalue weighted by atomic mass is 10.2. The van der Waals surface area contributed by atoms with Crippen LogP contribution in [0.5, 0.6) is 0 Å². The molecular formula is C8H15NO5S. The lowest BCUT2D eigenvalue weighted by Gasteiger charge is -2.13. The van der Waals surface area contributed by atoms with Crippen LogP contribution in [0.4, 0.5) is 0 Å². The number of aliphatic carboxylic acids is 1. The first-order chi connectivity index (χ1) is 6.92. The molecule has 15 heavy (non-hydrogen) atoms. The van der Waals surface area contributed by atoms with Gasteiger partial charge in [0.05, 0.1) is 12.4 Å². The monoisotopic (exact) mass is 237 g/mol. The molecule has 0 aromatic carbocycles. The molecule has 1 fully saturated rings. The zero-order valence-electron chi connectivity index (χ0n) is 8.55. The maximum Gasteiger partial charge on any atom is 0.329 e. The first-order valence-electron chi connectivity index (χ1n) is 4.69. The van der Waals surface area contributed by atoms with Gasteiger partial charge in [-0.25, -0.2) is 13.2 Å². The highest BCUT2D eigenvalue weighted by Crippen LogP contribution is 2.17. The zero-order chi connectivity index (χ0) is 11.5. The van der Waals surface area contributed by atoms with Crippen molar-refractivity contribution in [1.82, 2.24) is 4.31 Å². The van der Waals surface area contributed by atoms with Gasteiger partial charge >= 0.3 is 5.97 Å². The third kappa shape index (κ3) is 3.77. The predicted octanol–water partition coefficient (Wildman–Crippen LogP) is -0.631. The number of nitrogens with zero attached hydrogens (tertiary/aromatic N) is 1. The lowest BCUT2D eigenvalue weighted by Crippen LogP contribution is -2.30. The molecule has 1 aliphatic heterocycles. The highest BCUT2D eigenvalue weighted by molar-refractivity contribution is 7.89. The Bertz CT molecular complexity index is 326. The summed E-state index contributed by atoms with van der Waals surface area (Å²) in [4.78, 5) is 10.1. The largest absolute Gasteiger partial charge is 0.480 e. The molecule has 0 aromatic rings. The molecule has 0 radical (unpaired) electrons. The van der Waals surface area contributed by atoms with E-state index in [4.69, 9.17) is 9.84 Å². The average Bonchev–Trinajstić information content (AvgIpc) is 2.33. The third-order valence-corrected chi connectivity index (χ3v) is 4.22. The SMILES string of the molecule is CC1CN(CCOCC(=O)O)S(=O)(=O)C1. The summed E-state index contributed by atoms with van der Waals surface area (Å²) in [7, 11) is -3.13. The summed E-state index contributed by atoms with van der Waals surface area (Å²) in [5.41, 5.74) is 0. The molecule has 0 amide bonds. The maximum atomic E-state index is 11.5. The van der Waals surface area contributed by atoms with E-state index in [0.29, 0.717) is 6.54 Å². The maximum absolute atomic E-state index is 11.5. The topological polar surface area (TPSA) is 83.9 Å². The highest BCUT2D eigenvalue weighted by atomic mass is 32.2. The molecule has 1 saturated heterocycles. The van der Waals surface area contributed by atoms with E-state index in [1.54, 1.807) is 0 Å². The number of rotatable bonds is 5. The van der Waals surface area contributed by atoms with Crippen LogP contribution in [-0.2, 0) is 19.6 Å². The van der Waals surface area contributed by atoms with Crippen molar-refractivity contribution in [2.75, 3.05) is 32.1 Å². The van der Waals surface area contributed by atoms with Gasteiger partial charge in [0.1, 0.15) is 6.61 Å². The molecule has 7 heteroatoms. The second kappa shape index (κ2) is 4.91. The summed E-state index contributed by atoms with van der Waals surface area (Å²) in [6.07, 6.45) is 0. The molecule has 6 nitrogen and oxygen atoms in total. The number of hydrogen-bond donors (Lipinski definition) is 1. The molecule has 88 valence electrons. The Morgan fingerprint density at radius 1 is 1.60 bits per heavy atom. The van der Waals surface area contributed by atoms with Crippen LogP contribution in [0.2, 0.25) is 0 Å². The minimum atomic E-state index is -3.13. The average molecular weight is 237 g/mol. The fourth-order valence-electron chi connectivity index (χ4n) is 1.54. The van der Waals surface area contributed by atoms with Gasteiger partial charge in [-0.1, -0.05) is 6.92 Å². The fraction of sp³-hybridized carbons (Fsp3) is 0.875. The second-order valence-electron chi connectivity index (χ2n) is 3.69. The number of carboxylic acid groups (broad SMARTS) is 1. The molecule has 0 aliphatic carbocycles. The summed E-state index contributed by atoms with van der Waals surface area (Å²) in [5.74, 6) is -0.742. The van der Waals surface area contributed by atoms with E-state index in [9.17, 15) is 13.2 Å². The Morgan fingerprint density at radius 2 is 2.27 bits per heavy atom. The van der Waals surface area contributed by atoms with E-state index in [2.05, 4.69) is 0 Å². The van der Waals surface area contributed by atoms with Crippen LogP contribution in [-0.4, -0.2) is 55.9 Å². The van der Waals surface area contributed by atoms with Crippen LogP contribution in [0.15, 0.2) is 0 Å². The Labute approximate surface area is 88.9 Å². The van der Waals surface area contributed by atoms with E-state index < -0.39 is 16.0 Å². The van der Waals surface area contributed by atoms with Gasteiger partial charge in [0.2, 0.25) is 10.0 Å². The van der Waals surface area contributed by atoms with Gasteiger partial charge in [0, 0.05) is 13.1 Å². The minimum absolute atomic E-state index is 0.123. The van der Waals surface area contributed by atoms with E-state index in [1.165, 1.54) is 4.31 Å². The fourth-order valence-corrected chi connectivity index (χ4v) is 3.40. The van der Waals surface area contributed by atoms with Crippen molar-refractivity contribution in [3.05, 3.63) is 0 Å². The van der Waals surface area contributed by atoms with Gasteiger partial charge < -0.3 is 9.84 Å². The van der Waals surface area contributed by atoms with Gasteiger partial charge in [-0.2, -0.15) is 4.31 Å². The summed E-state index contributed by atoms with van der Waals surface area (Å²) in [6, 6.07) is 0. The first kappa shape index (κ1) is 12.4. The van der Waals surface area contributed by atoms with Gasteiger partial charge in [0.15, 0.2) is 0 Å². The number of carboxylic acids is 1. The van der Waals surface area contributed by atoms with E-state index >= 15 is 0 Å². The van der Waals surface area contributed by atoms with Crippen LogP contribution in [0.1, 0.15) is 6.92 Å². The molecule has 0 bridgehead atoms. The summed E-state index contributed by atoms with van der Waals surface area (Å²) in [6.45, 7) is 2.34. The zero-order valence-corrected chi connectivity index (χ0v) is 9.37. The Kier molecular flexibility index (Phi) is 4.06. The van der Waals surface area contributed by atoms with E-state index in [0.717, 1.165) is 0 Å². The van der Waals surface area contributed by atoms with Gasteiger partial charge in [-0.15, -0.1) is 0 Å².